The summed E-state index contributed by atoms with van der Waals surface area (Å²) in [6, 6.07) is 10.3. The van der Waals surface area contributed by atoms with E-state index in [0.29, 0.717) is 5.75 Å². The van der Waals surface area contributed by atoms with Crippen LogP contribution < -0.4 is 9.46 Å². The first kappa shape index (κ1) is 17.2. The molecule has 0 radical (unpaired) electrons. The van der Waals surface area contributed by atoms with Crippen LogP contribution in [0.1, 0.15) is 0 Å². The van der Waals surface area contributed by atoms with Crippen LogP contribution in [0, 0.1) is 0 Å². The molecule has 0 aliphatic rings. The second-order valence-electron chi connectivity index (χ2n) is 5.00. The third-order valence-electron chi connectivity index (χ3n) is 3.34. The summed E-state index contributed by atoms with van der Waals surface area (Å²) in [5.74, 6) is 0.349. The lowest BCUT2D eigenvalue weighted by molar-refractivity contribution is 0.417. The van der Waals surface area contributed by atoms with E-state index in [1.807, 2.05) is 0 Å². The Kier molecular flexibility index (Phi) is 4.14. The van der Waals surface area contributed by atoms with E-state index >= 15 is 0 Å². The van der Waals surface area contributed by atoms with E-state index < -0.39 is 25.3 Å². The molecule has 3 rings (SSSR count). The number of hydrogen-bond acceptors (Lipinski definition) is 6. The minimum Gasteiger partial charge on any atom is -0.495 e. The third kappa shape index (κ3) is 3.43. The van der Waals surface area contributed by atoms with Crippen molar-refractivity contribution >= 4 is 36.9 Å². The van der Waals surface area contributed by atoms with Crippen molar-refractivity contribution in [2.75, 3.05) is 11.8 Å². The van der Waals surface area contributed by atoms with Crippen LogP contribution in [0.2, 0.25) is 0 Å². The van der Waals surface area contributed by atoms with Gasteiger partial charge in [-0.05, 0) is 30.3 Å². The molecule has 25 heavy (non-hydrogen) atoms. The Bertz CT molecular complexity index is 1150. The quantitative estimate of drug-likeness (QED) is 0.569. The zero-order valence-electron chi connectivity index (χ0n) is 12.8. The summed E-state index contributed by atoms with van der Waals surface area (Å²) in [5.41, 5.74) is 0.604. The highest BCUT2D eigenvalue weighted by molar-refractivity contribution is 7.92. The summed E-state index contributed by atoms with van der Waals surface area (Å²) in [6.45, 7) is 0. The fraction of sp³-hybridized carbons (Fsp3) is 0.0714. The first-order valence-electron chi connectivity index (χ1n) is 6.84. The van der Waals surface area contributed by atoms with Crippen molar-refractivity contribution in [3.63, 3.8) is 0 Å². The molecule has 0 fully saturated rings. The number of aromatic amines is 1. The highest BCUT2D eigenvalue weighted by Gasteiger charge is 2.20. The van der Waals surface area contributed by atoms with Gasteiger partial charge in [-0.25, -0.2) is 13.4 Å². The standard InChI is InChI=1S/C14H13N3O6S2/c1-23-13-5-3-2-4-11(13)17-24(18,19)9-6-7-10-12(8-9)16-14(15-10)25(20,21)22/h2-8,17H,1H3,(H,15,16)(H,20,21,22). The number of fused-ring (bicyclic) bond motifs is 1. The van der Waals surface area contributed by atoms with Gasteiger partial charge < -0.3 is 9.72 Å². The Labute approximate surface area is 143 Å². The fourth-order valence-corrected chi connectivity index (χ4v) is 3.74. The lowest BCUT2D eigenvalue weighted by Crippen LogP contribution is -2.13. The maximum Gasteiger partial charge on any atom is 0.328 e. The molecule has 0 unspecified atom stereocenters. The molecule has 0 saturated heterocycles. The van der Waals surface area contributed by atoms with Gasteiger partial charge in [-0.15, -0.1) is 0 Å². The number of aromatic nitrogens is 2. The van der Waals surface area contributed by atoms with Gasteiger partial charge in [0.05, 0.1) is 28.7 Å². The van der Waals surface area contributed by atoms with Crippen LogP contribution in [0.25, 0.3) is 11.0 Å². The fourth-order valence-electron chi connectivity index (χ4n) is 2.19. The van der Waals surface area contributed by atoms with Gasteiger partial charge in [-0.2, -0.15) is 8.42 Å². The molecule has 0 spiro atoms. The van der Waals surface area contributed by atoms with E-state index in [9.17, 15) is 16.8 Å². The normalized spacial score (nSPS) is 12.2. The summed E-state index contributed by atoms with van der Waals surface area (Å²) >= 11 is 0. The number of imidazole rings is 1. The molecule has 3 aromatic rings. The number of methoxy groups -OCH3 is 1. The summed E-state index contributed by atoms with van der Waals surface area (Å²) in [6.07, 6.45) is 0. The van der Waals surface area contributed by atoms with Gasteiger partial charge in [0.15, 0.2) is 0 Å². The molecular weight excluding hydrogens is 370 g/mol. The van der Waals surface area contributed by atoms with Crippen LogP contribution >= 0.6 is 0 Å². The highest BCUT2D eigenvalue weighted by atomic mass is 32.2. The number of benzene rings is 2. The van der Waals surface area contributed by atoms with Crippen LogP contribution in [-0.4, -0.2) is 38.5 Å². The maximum absolute atomic E-state index is 12.5. The second-order valence-corrected chi connectivity index (χ2v) is 8.02. The average Bonchev–Trinajstić information content (AvgIpc) is 2.98. The molecule has 0 aliphatic heterocycles. The molecule has 9 nitrogen and oxygen atoms in total. The number of nitrogens with zero attached hydrogens (tertiary/aromatic N) is 1. The molecule has 132 valence electrons. The minimum atomic E-state index is -4.52. The van der Waals surface area contributed by atoms with E-state index in [1.54, 1.807) is 24.3 Å². The smallest absolute Gasteiger partial charge is 0.328 e. The Morgan fingerprint density at radius 2 is 1.84 bits per heavy atom. The maximum atomic E-state index is 12.5. The first-order valence-corrected chi connectivity index (χ1v) is 9.76. The van der Waals surface area contributed by atoms with Gasteiger partial charge in [-0.1, -0.05) is 12.1 Å². The molecule has 0 aliphatic carbocycles. The van der Waals surface area contributed by atoms with E-state index in [4.69, 9.17) is 9.29 Å². The first-order chi connectivity index (χ1) is 11.7. The molecule has 3 N–H and O–H groups in total. The minimum absolute atomic E-state index is 0.114. The monoisotopic (exact) mass is 383 g/mol. The summed E-state index contributed by atoms with van der Waals surface area (Å²) < 4.78 is 63.8. The largest absolute Gasteiger partial charge is 0.495 e. The van der Waals surface area contributed by atoms with Crippen molar-refractivity contribution in [2.24, 2.45) is 0 Å². The van der Waals surface area contributed by atoms with Crippen LogP contribution in [0.15, 0.2) is 52.5 Å². The topological polar surface area (TPSA) is 138 Å². The van der Waals surface area contributed by atoms with Crippen molar-refractivity contribution < 1.29 is 26.1 Å². The lowest BCUT2D eigenvalue weighted by Gasteiger charge is -2.11. The van der Waals surface area contributed by atoms with Crippen LogP contribution in [0.4, 0.5) is 5.69 Å². The Balaban J connectivity index is 2.02. The average molecular weight is 383 g/mol. The van der Waals surface area contributed by atoms with Gasteiger partial charge in [0, 0.05) is 0 Å². The van der Waals surface area contributed by atoms with Crippen molar-refractivity contribution in [3.8, 4) is 5.75 Å². The Hall–Kier alpha value is -2.63. The molecule has 0 atom stereocenters. The summed E-state index contributed by atoms with van der Waals surface area (Å²) in [7, 11) is -7.05. The number of H-pyrrole nitrogens is 1. The van der Waals surface area contributed by atoms with Gasteiger partial charge >= 0.3 is 10.1 Å². The van der Waals surface area contributed by atoms with E-state index in [-0.39, 0.29) is 21.6 Å². The number of anilines is 1. The molecule has 1 aromatic heterocycles. The van der Waals surface area contributed by atoms with Crippen LogP contribution in [-0.2, 0) is 20.1 Å². The van der Waals surface area contributed by atoms with Crippen molar-refractivity contribution in [2.45, 2.75) is 10.1 Å². The molecule has 0 saturated carbocycles. The number of ether oxygens (including phenoxy) is 1. The summed E-state index contributed by atoms with van der Waals surface area (Å²) in [4.78, 5) is 5.94. The molecule has 1 heterocycles. The Morgan fingerprint density at radius 3 is 2.52 bits per heavy atom. The van der Waals surface area contributed by atoms with Gasteiger partial charge in [0.25, 0.3) is 15.2 Å². The van der Waals surface area contributed by atoms with E-state index in [2.05, 4.69) is 14.7 Å². The number of rotatable bonds is 5. The summed E-state index contributed by atoms with van der Waals surface area (Å²) in [5, 5.41) is -0.658. The van der Waals surface area contributed by atoms with E-state index in [0.717, 1.165) is 0 Å². The number of sulfonamides is 1. The lowest BCUT2D eigenvalue weighted by atomic mass is 10.3. The van der Waals surface area contributed by atoms with Gasteiger partial charge in [0.1, 0.15) is 5.75 Å². The zero-order valence-corrected chi connectivity index (χ0v) is 14.4. The second kappa shape index (κ2) is 6.02. The van der Waals surface area contributed by atoms with Gasteiger partial charge in [-0.3, -0.25) is 9.27 Å². The number of para-hydroxylation sites is 2. The molecular formula is C14H13N3O6S2. The number of nitrogens with one attached hydrogen (secondary N) is 2. The Morgan fingerprint density at radius 1 is 1.12 bits per heavy atom. The van der Waals surface area contributed by atoms with Crippen molar-refractivity contribution in [1.82, 2.24) is 9.97 Å². The molecule has 11 heteroatoms. The number of hydrogen-bond donors (Lipinski definition) is 3. The van der Waals surface area contributed by atoms with Crippen molar-refractivity contribution in [3.05, 3.63) is 42.5 Å². The zero-order chi connectivity index (χ0) is 18.2. The molecule has 2 aromatic carbocycles. The predicted molar refractivity (Wildman–Crippen MR) is 89.7 cm³/mol. The molecule has 0 amide bonds. The predicted octanol–water partition coefficient (Wildman–Crippen LogP) is 1.62. The van der Waals surface area contributed by atoms with Gasteiger partial charge in [0.2, 0.25) is 0 Å². The van der Waals surface area contributed by atoms with Crippen molar-refractivity contribution in [1.29, 1.82) is 0 Å². The molecule has 0 bridgehead atoms. The van der Waals surface area contributed by atoms with E-state index in [1.165, 1.54) is 25.3 Å². The highest BCUT2D eigenvalue weighted by Crippen LogP contribution is 2.27. The van der Waals surface area contributed by atoms with Crippen LogP contribution in [0.3, 0.4) is 0 Å². The van der Waals surface area contributed by atoms with Crippen LogP contribution in [0.5, 0.6) is 5.75 Å². The SMILES string of the molecule is COc1ccccc1NS(=O)(=O)c1ccc2nc(S(=O)(=O)O)[nH]c2c1. The third-order valence-corrected chi connectivity index (χ3v) is 5.38.